The van der Waals surface area contributed by atoms with Crippen LogP contribution in [0.25, 0.3) is 16.8 Å². The maximum Gasteiger partial charge on any atom is 0.329 e. The number of rotatable bonds is 8. The van der Waals surface area contributed by atoms with Gasteiger partial charge in [0.1, 0.15) is 30.3 Å². The van der Waals surface area contributed by atoms with Crippen LogP contribution >= 0.6 is 0 Å². The fourth-order valence-electron chi connectivity index (χ4n) is 4.26. The van der Waals surface area contributed by atoms with Crippen molar-refractivity contribution in [2.75, 3.05) is 19.0 Å². The molecule has 190 valence electrons. The Morgan fingerprint density at radius 3 is 2.45 bits per heavy atom. The Bertz CT molecular complexity index is 1560. The molecule has 1 aliphatic rings. The SMILES string of the molecule is COc1ccccc1NC(=O)CN1C(=O)N/C(=C/c2ccccc2OCc2cccc3ccccc23)C1=O. The van der Waals surface area contributed by atoms with E-state index in [0.29, 0.717) is 29.4 Å². The summed E-state index contributed by atoms with van der Waals surface area (Å²) in [6.07, 6.45) is 1.55. The lowest BCUT2D eigenvalue weighted by Gasteiger charge is -2.13. The number of amides is 4. The molecule has 8 heteroatoms. The van der Waals surface area contributed by atoms with E-state index in [4.69, 9.17) is 9.47 Å². The van der Waals surface area contributed by atoms with E-state index in [0.717, 1.165) is 21.2 Å². The number of hydrogen-bond donors (Lipinski definition) is 2. The highest BCUT2D eigenvalue weighted by Gasteiger charge is 2.35. The van der Waals surface area contributed by atoms with Crippen molar-refractivity contribution >= 4 is 40.4 Å². The molecule has 1 saturated heterocycles. The lowest BCUT2D eigenvalue weighted by atomic mass is 10.1. The smallest absolute Gasteiger partial charge is 0.329 e. The topological polar surface area (TPSA) is 97.0 Å². The van der Waals surface area contributed by atoms with Gasteiger partial charge in [0.15, 0.2) is 0 Å². The van der Waals surface area contributed by atoms with Gasteiger partial charge in [0, 0.05) is 5.56 Å². The molecule has 1 heterocycles. The van der Waals surface area contributed by atoms with E-state index >= 15 is 0 Å². The number of benzene rings is 4. The molecule has 4 amide bonds. The summed E-state index contributed by atoms with van der Waals surface area (Å²) in [5, 5.41) is 7.45. The molecule has 2 N–H and O–H groups in total. The Labute approximate surface area is 219 Å². The quantitative estimate of drug-likeness (QED) is 0.260. The lowest BCUT2D eigenvalue weighted by molar-refractivity contribution is -0.127. The third-order valence-electron chi connectivity index (χ3n) is 6.13. The van der Waals surface area contributed by atoms with E-state index in [1.54, 1.807) is 42.5 Å². The molecule has 4 aromatic carbocycles. The molecule has 0 aromatic heterocycles. The minimum absolute atomic E-state index is 0.0568. The Morgan fingerprint density at radius 1 is 0.895 bits per heavy atom. The molecule has 0 saturated carbocycles. The van der Waals surface area contributed by atoms with Gasteiger partial charge >= 0.3 is 6.03 Å². The van der Waals surface area contributed by atoms with Crippen molar-refractivity contribution in [2.45, 2.75) is 6.61 Å². The molecular weight excluding hydrogens is 482 g/mol. The molecule has 4 aromatic rings. The first-order valence-electron chi connectivity index (χ1n) is 12.0. The molecule has 0 atom stereocenters. The van der Waals surface area contributed by atoms with Gasteiger partial charge in [-0.15, -0.1) is 0 Å². The molecule has 0 unspecified atom stereocenters. The van der Waals surface area contributed by atoms with Crippen LogP contribution in [0.5, 0.6) is 11.5 Å². The number of nitrogens with zero attached hydrogens (tertiary/aromatic N) is 1. The van der Waals surface area contributed by atoms with E-state index in [-0.39, 0.29) is 5.70 Å². The van der Waals surface area contributed by atoms with Gasteiger partial charge in [-0.3, -0.25) is 9.59 Å². The third kappa shape index (κ3) is 5.19. The van der Waals surface area contributed by atoms with Gasteiger partial charge in [0.25, 0.3) is 5.91 Å². The Kier molecular flexibility index (Phi) is 7.04. The molecule has 0 aliphatic carbocycles. The van der Waals surface area contributed by atoms with Crippen LogP contribution in [0, 0.1) is 0 Å². The van der Waals surface area contributed by atoms with Crippen molar-refractivity contribution in [1.29, 1.82) is 0 Å². The second kappa shape index (κ2) is 10.9. The van der Waals surface area contributed by atoms with E-state index in [2.05, 4.69) is 10.6 Å². The van der Waals surface area contributed by atoms with Gasteiger partial charge in [0.2, 0.25) is 5.91 Å². The summed E-state index contributed by atoms with van der Waals surface area (Å²) in [5.74, 6) is -0.104. The summed E-state index contributed by atoms with van der Waals surface area (Å²) in [7, 11) is 1.49. The van der Waals surface area contributed by atoms with Crippen molar-refractivity contribution in [3.63, 3.8) is 0 Å². The van der Waals surface area contributed by atoms with E-state index in [1.807, 2.05) is 54.6 Å². The molecular formula is C30H25N3O5. The van der Waals surface area contributed by atoms with Crippen molar-refractivity contribution in [1.82, 2.24) is 10.2 Å². The molecule has 0 bridgehead atoms. The number of fused-ring (bicyclic) bond motifs is 1. The Morgan fingerprint density at radius 2 is 1.61 bits per heavy atom. The molecule has 0 radical (unpaired) electrons. The fraction of sp³-hybridized carbons (Fsp3) is 0.100. The van der Waals surface area contributed by atoms with Gasteiger partial charge in [0.05, 0.1) is 12.8 Å². The average molecular weight is 508 g/mol. The van der Waals surface area contributed by atoms with Crippen LogP contribution < -0.4 is 20.1 Å². The van der Waals surface area contributed by atoms with Crippen LogP contribution in [0.4, 0.5) is 10.5 Å². The van der Waals surface area contributed by atoms with Crippen LogP contribution in [-0.2, 0) is 16.2 Å². The van der Waals surface area contributed by atoms with Crippen LogP contribution in [0.1, 0.15) is 11.1 Å². The predicted molar refractivity (Wildman–Crippen MR) is 145 cm³/mol. The molecule has 5 rings (SSSR count). The van der Waals surface area contributed by atoms with Gasteiger partial charge in [-0.25, -0.2) is 9.69 Å². The normalized spacial score (nSPS) is 14.0. The number of anilines is 1. The van der Waals surface area contributed by atoms with Crippen LogP contribution in [0.3, 0.4) is 0 Å². The van der Waals surface area contributed by atoms with E-state index in [9.17, 15) is 14.4 Å². The summed E-state index contributed by atoms with van der Waals surface area (Å²) in [6, 6.07) is 27.6. The lowest BCUT2D eigenvalue weighted by Crippen LogP contribution is -2.38. The summed E-state index contributed by atoms with van der Waals surface area (Å²) >= 11 is 0. The predicted octanol–water partition coefficient (Wildman–Crippen LogP) is 4.96. The summed E-state index contributed by atoms with van der Waals surface area (Å²) in [4.78, 5) is 39.0. The number of para-hydroxylation sites is 3. The number of ether oxygens (including phenoxy) is 2. The largest absolute Gasteiger partial charge is 0.495 e. The minimum atomic E-state index is -0.675. The van der Waals surface area contributed by atoms with Crippen LogP contribution in [0.2, 0.25) is 0 Å². The van der Waals surface area contributed by atoms with E-state index < -0.39 is 24.4 Å². The van der Waals surface area contributed by atoms with Gasteiger partial charge in [-0.05, 0) is 40.6 Å². The maximum absolute atomic E-state index is 13.0. The minimum Gasteiger partial charge on any atom is -0.495 e. The van der Waals surface area contributed by atoms with Crippen LogP contribution in [-0.4, -0.2) is 36.4 Å². The zero-order valence-electron chi connectivity index (χ0n) is 20.6. The van der Waals surface area contributed by atoms with Crippen molar-refractivity contribution < 1.29 is 23.9 Å². The van der Waals surface area contributed by atoms with Gasteiger partial charge in [-0.2, -0.15) is 0 Å². The molecule has 1 fully saturated rings. The zero-order valence-corrected chi connectivity index (χ0v) is 20.6. The first-order valence-corrected chi connectivity index (χ1v) is 12.0. The van der Waals surface area contributed by atoms with Gasteiger partial charge in [-0.1, -0.05) is 72.8 Å². The Hall–Kier alpha value is -5.11. The monoisotopic (exact) mass is 507 g/mol. The third-order valence-corrected chi connectivity index (χ3v) is 6.13. The first-order chi connectivity index (χ1) is 18.5. The summed E-state index contributed by atoms with van der Waals surface area (Å²) < 4.78 is 11.4. The average Bonchev–Trinajstić information content (AvgIpc) is 3.20. The second-order valence-electron chi connectivity index (χ2n) is 8.59. The number of carbonyl (C=O) groups excluding carboxylic acids is 3. The molecule has 38 heavy (non-hydrogen) atoms. The van der Waals surface area contributed by atoms with Crippen molar-refractivity contribution in [2.24, 2.45) is 0 Å². The van der Waals surface area contributed by atoms with Gasteiger partial charge < -0.3 is 20.1 Å². The first kappa shape index (κ1) is 24.6. The molecule has 0 spiro atoms. The number of hydrogen-bond acceptors (Lipinski definition) is 5. The highest BCUT2D eigenvalue weighted by molar-refractivity contribution is 6.16. The maximum atomic E-state index is 13.0. The Balaban J connectivity index is 1.30. The number of urea groups is 1. The zero-order chi connectivity index (χ0) is 26.5. The number of nitrogens with one attached hydrogen (secondary N) is 2. The van der Waals surface area contributed by atoms with Crippen molar-refractivity contribution in [3.05, 3.63) is 108 Å². The number of methoxy groups -OCH3 is 1. The van der Waals surface area contributed by atoms with E-state index in [1.165, 1.54) is 7.11 Å². The second-order valence-corrected chi connectivity index (χ2v) is 8.59. The fourth-order valence-corrected chi connectivity index (χ4v) is 4.26. The highest BCUT2D eigenvalue weighted by atomic mass is 16.5. The van der Waals surface area contributed by atoms with Crippen LogP contribution in [0.15, 0.2) is 96.7 Å². The summed E-state index contributed by atoms with van der Waals surface area (Å²) in [5.41, 5.74) is 2.15. The van der Waals surface area contributed by atoms with Crippen molar-refractivity contribution in [3.8, 4) is 11.5 Å². The number of imide groups is 1. The molecule has 8 nitrogen and oxygen atoms in total. The number of carbonyl (C=O) groups is 3. The molecule has 1 aliphatic heterocycles. The highest BCUT2D eigenvalue weighted by Crippen LogP contribution is 2.26. The summed E-state index contributed by atoms with van der Waals surface area (Å²) in [6.45, 7) is -0.115. The standard InChI is InChI=1S/C30H25N3O5/c1-37-27-16-7-5-14-24(27)31-28(34)18-33-29(35)25(32-30(33)36)17-21-10-3-6-15-26(21)38-19-22-12-8-11-20-9-2-4-13-23(20)22/h2-17H,18-19H2,1H3,(H,31,34)(H,32,36)/b25-17+.